The first-order chi connectivity index (χ1) is 7.83. The second-order valence-electron chi connectivity index (χ2n) is 4.15. The summed E-state index contributed by atoms with van der Waals surface area (Å²) >= 11 is 0. The summed E-state index contributed by atoms with van der Waals surface area (Å²) in [5.74, 6) is 0.482. The van der Waals surface area contributed by atoms with Crippen molar-refractivity contribution in [3.63, 3.8) is 0 Å². The summed E-state index contributed by atoms with van der Waals surface area (Å²) in [5.41, 5.74) is 7.83. The van der Waals surface area contributed by atoms with Crippen molar-refractivity contribution >= 4 is 17.2 Å². The predicted octanol–water partition coefficient (Wildman–Crippen LogP) is 1.27. The highest BCUT2D eigenvalue weighted by Crippen LogP contribution is 2.24. The van der Waals surface area contributed by atoms with Gasteiger partial charge in [-0.3, -0.25) is 0 Å². The van der Waals surface area contributed by atoms with Crippen LogP contribution in [0.5, 0.6) is 0 Å². The van der Waals surface area contributed by atoms with Crippen LogP contribution in [0, 0.1) is 0 Å². The molecule has 0 amide bonds. The fraction of sp³-hybridized carbons (Fsp3) is 0.455. The molecular formula is C11H14N4O. The van der Waals surface area contributed by atoms with E-state index in [1.807, 2.05) is 12.1 Å². The van der Waals surface area contributed by atoms with Gasteiger partial charge >= 0.3 is 0 Å². The number of nitrogens with two attached hydrogens (primary N) is 1. The number of hydrogen-bond donors (Lipinski definition) is 2. The first-order valence-corrected chi connectivity index (χ1v) is 5.56. The van der Waals surface area contributed by atoms with Crippen LogP contribution in [-0.4, -0.2) is 23.1 Å². The molecule has 1 atom stereocenters. The van der Waals surface area contributed by atoms with E-state index >= 15 is 0 Å². The number of nitrogens with one attached hydrogen (secondary N) is 1. The third-order valence-corrected chi connectivity index (χ3v) is 3.01. The van der Waals surface area contributed by atoms with E-state index in [1.165, 1.54) is 12.8 Å². The predicted molar refractivity (Wildman–Crippen MR) is 61.1 cm³/mol. The van der Waals surface area contributed by atoms with Crippen LogP contribution in [0.15, 0.2) is 16.5 Å². The second kappa shape index (κ2) is 3.75. The average molecular weight is 218 g/mol. The first kappa shape index (κ1) is 9.59. The number of oxazole rings is 1. The molecule has 3 N–H and O–H groups in total. The zero-order valence-corrected chi connectivity index (χ0v) is 8.94. The lowest BCUT2D eigenvalue weighted by Crippen LogP contribution is -2.28. The van der Waals surface area contributed by atoms with Gasteiger partial charge in [-0.05, 0) is 31.5 Å². The molecule has 1 saturated heterocycles. The zero-order chi connectivity index (χ0) is 11.0. The van der Waals surface area contributed by atoms with Crippen LogP contribution in [0.1, 0.15) is 24.5 Å². The molecular weight excluding hydrogens is 204 g/mol. The minimum Gasteiger partial charge on any atom is -0.422 e. The fourth-order valence-corrected chi connectivity index (χ4v) is 2.18. The quantitative estimate of drug-likeness (QED) is 0.753. The number of fused-ring (bicyclic) bond motifs is 1. The molecule has 1 aliphatic rings. The Labute approximate surface area is 93.1 Å². The van der Waals surface area contributed by atoms with Gasteiger partial charge in [0, 0.05) is 18.2 Å². The van der Waals surface area contributed by atoms with Gasteiger partial charge in [0.1, 0.15) is 0 Å². The molecule has 2 aromatic heterocycles. The molecule has 5 nitrogen and oxygen atoms in total. The third kappa shape index (κ3) is 1.63. The first-order valence-electron chi connectivity index (χ1n) is 5.56. The zero-order valence-electron chi connectivity index (χ0n) is 8.94. The van der Waals surface area contributed by atoms with E-state index < -0.39 is 0 Å². The monoisotopic (exact) mass is 218 g/mol. The van der Waals surface area contributed by atoms with Crippen molar-refractivity contribution in [2.24, 2.45) is 0 Å². The lowest BCUT2D eigenvalue weighted by molar-refractivity contribution is 0.455. The van der Waals surface area contributed by atoms with Gasteiger partial charge < -0.3 is 15.5 Å². The third-order valence-electron chi connectivity index (χ3n) is 3.01. The van der Waals surface area contributed by atoms with Gasteiger partial charge in [0.25, 0.3) is 6.01 Å². The van der Waals surface area contributed by atoms with Gasteiger partial charge in [0.2, 0.25) is 5.65 Å². The Bertz CT molecular complexity index is 502. The van der Waals surface area contributed by atoms with E-state index in [2.05, 4.69) is 15.3 Å². The number of rotatable bonds is 1. The molecule has 1 fully saturated rings. The molecule has 2 aromatic rings. The molecule has 0 saturated carbocycles. The van der Waals surface area contributed by atoms with Gasteiger partial charge in [-0.1, -0.05) is 0 Å². The fourth-order valence-electron chi connectivity index (χ4n) is 2.18. The average Bonchev–Trinajstić information content (AvgIpc) is 2.69. The van der Waals surface area contributed by atoms with Gasteiger partial charge in [0.15, 0.2) is 5.58 Å². The largest absolute Gasteiger partial charge is 0.422 e. The highest BCUT2D eigenvalue weighted by Gasteiger charge is 2.17. The van der Waals surface area contributed by atoms with Crippen molar-refractivity contribution in [3.05, 3.63) is 17.8 Å². The Morgan fingerprint density at radius 2 is 2.31 bits per heavy atom. The van der Waals surface area contributed by atoms with Crippen molar-refractivity contribution in [1.82, 2.24) is 15.3 Å². The standard InChI is InChI=1S/C11H14N4O/c12-11-15-10-9(16-11)4-3-8(14-10)7-2-1-5-13-6-7/h3-4,7,13H,1-2,5-6H2,(H2,12,14,15). The lowest BCUT2D eigenvalue weighted by atomic mass is 9.96. The highest BCUT2D eigenvalue weighted by molar-refractivity contribution is 5.69. The van der Waals surface area contributed by atoms with Crippen LogP contribution in [-0.2, 0) is 0 Å². The molecule has 0 aromatic carbocycles. The SMILES string of the molecule is Nc1nc2nc(C3CCCNC3)ccc2o1. The van der Waals surface area contributed by atoms with Gasteiger partial charge in [0.05, 0.1) is 0 Å². The number of piperidine rings is 1. The Morgan fingerprint density at radius 3 is 3.12 bits per heavy atom. The highest BCUT2D eigenvalue weighted by atomic mass is 16.4. The number of aromatic nitrogens is 2. The summed E-state index contributed by atoms with van der Waals surface area (Å²) in [4.78, 5) is 8.54. The maximum atomic E-state index is 5.49. The minimum atomic E-state index is 0.182. The van der Waals surface area contributed by atoms with Crippen LogP contribution in [0.3, 0.4) is 0 Å². The van der Waals surface area contributed by atoms with E-state index in [4.69, 9.17) is 10.2 Å². The van der Waals surface area contributed by atoms with Gasteiger partial charge in [-0.2, -0.15) is 4.98 Å². The molecule has 3 heterocycles. The van der Waals surface area contributed by atoms with Gasteiger partial charge in [-0.15, -0.1) is 0 Å². The number of hydrogen-bond acceptors (Lipinski definition) is 5. The number of anilines is 1. The topological polar surface area (TPSA) is 77.0 Å². The Balaban J connectivity index is 1.97. The van der Waals surface area contributed by atoms with Gasteiger partial charge in [-0.25, -0.2) is 4.98 Å². The van der Waals surface area contributed by atoms with Crippen LogP contribution < -0.4 is 11.1 Å². The van der Waals surface area contributed by atoms with Crippen molar-refractivity contribution in [2.75, 3.05) is 18.8 Å². The molecule has 5 heteroatoms. The summed E-state index contributed by atoms with van der Waals surface area (Å²) in [7, 11) is 0. The summed E-state index contributed by atoms with van der Waals surface area (Å²) in [6.45, 7) is 2.10. The molecule has 1 unspecified atom stereocenters. The van der Waals surface area contributed by atoms with E-state index in [9.17, 15) is 0 Å². The van der Waals surface area contributed by atoms with E-state index in [0.29, 0.717) is 17.1 Å². The van der Waals surface area contributed by atoms with E-state index in [1.54, 1.807) is 0 Å². The number of nitrogens with zero attached hydrogens (tertiary/aromatic N) is 2. The molecule has 84 valence electrons. The molecule has 0 radical (unpaired) electrons. The molecule has 1 aliphatic heterocycles. The van der Waals surface area contributed by atoms with Crippen LogP contribution in [0.4, 0.5) is 6.01 Å². The number of nitrogen functional groups attached to an aromatic ring is 1. The summed E-state index contributed by atoms with van der Waals surface area (Å²) in [6, 6.07) is 4.08. The molecule has 0 aliphatic carbocycles. The van der Waals surface area contributed by atoms with E-state index in [0.717, 1.165) is 18.8 Å². The smallest absolute Gasteiger partial charge is 0.294 e. The van der Waals surface area contributed by atoms with Crippen molar-refractivity contribution in [2.45, 2.75) is 18.8 Å². The Morgan fingerprint density at radius 1 is 1.38 bits per heavy atom. The van der Waals surface area contributed by atoms with Crippen LogP contribution in [0.2, 0.25) is 0 Å². The Hall–Kier alpha value is -1.62. The maximum absolute atomic E-state index is 5.49. The second-order valence-corrected chi connectivity index (χ2v) is 4.15. The maximum Gasteiger partial charge on any atom is 0.294 e. The van der Waals surface area contributed by atoms with E-state index in [-0.39, 0.29) is 6.01 Å². The molecule has 16 heavy (non-hydrogen) atoms. The van der Waals surface area contributed by atoms with Crippen molar-refractivity contribution in [3.8, 4) is 0 Å². The Kier molecular flexibility index (Phi) is 2.25. The summed E-state index contributed by atoms with van der Waals surface area (Å²) in [6.07, 6.45) is 2.38. The molecule has 0 spiro atoms. The van der Waals surface area contributed by atoms with Crippen LogP contribution in [0.25, 0.3) is 11.2 Å². The summed E-state index contributed by atoms with van der Waals surface area (Å²) in [5, 5.41) is 3.38. The minimum absolute atomic E-state index is 0.182. The molecule has 3 rings (SSSR count). The van der Waals surface area contributed by atoms with Crippen LogP contribution >= 0.6 is 0 Å². The lowest BCUT2D eigenvalue weighted by Gasteiger charge is -2.21. The number of pyridine rings is 1. The normalized spacial score (nSPS) is 21.4. The summed E-state index contributed by atoms with van der Waals surface area (Å²) < 4.78 is 5.20. The molecule has 0 bridgehead atoms. The van der Waals surface area contributed by atoms with Crippen molar-refractivity contribution in [1.29, 1.82) is 0 Å². The van der Waals surface area contributed by atoms with Crippen molar-refractivity contribution < 1.29 is 4.42 Å².